The third kappa shape index (κ3) is 3.64. The molecule has 7 nitrogen and oxygen atoms in total. The van der Waals surface area contributed by atoms with E-state index in [-0.39, 0.29) is 6.61 Å². The lowest BCUT2D eigenvalue weighted by Gasteiger charge is -2.40. The summed E-state index contributed by atoms with van der Waals surface area (Å²) in [5.41, 5.74) is 0. The maximum absolute atomic E-state index is 12.6. The van der Waals surface area contributed by atoms with Gasteiger partial charge in [0.1, 0.15) is 0 Å². The lowest BCUT2D eigenvalue weighted by atomic mass is 9.89. The SMILES string of the molecule is COP(=O)(OC)C1(COP(=O)(O)O)CCCCC1. The van der Waals surface area contributed by atoms with E-state index in [1.807, 2.05) is 0 Å². The van der Waals surface area contributed by atoms with E-state index >= 15 is 0 Å². The van der Waals surface area contributed by atoms with Crippen LogP contribution in [0, 0.1) is 0 Å². The van der Waals surface area contributed by atoms with Gasteiger partial charge >= 0.3 is 15.4 Å². The van der Waals surface area contributed by atoms with Crippen molar-refractivity contribution >= 4 is 15.4 Å². The van der Waals surface area contributed by atoms with Crippen LogP contribution in [0.3, 0.4) is 0 Å². The van der Waals surface area contributed by atoms with Gasteiger partial charge in [0.25, 0.3) is 0 Å². The van der Waals surface area contributed by atoms with Gasteiger partial charge in [-0.2, -0.15) is 0 Å². The molecule has 1 saturated carbocycles. The molecule has 0 aliphatic heterocycles. The lowest BCUT2D eigenvalue weighted by molar-refractivity contribution is 0.136. The third-order valence-corrected chi connectivity index (χ3v) is 6.51. The Morgan fingerprint density at radius 2 is 1.56 bits per heavy atom. The molecule has 0 radical (unpaired) electrons. The number of hydrogen-bond donors (Lipinski definition) is 2. The van der Waals surface area contributed by atoms with Crippen LogP contribution in [0.5, 0.6) is 0 Å². The van der Waals surface area contributed by atoms with Gasteiger partial charge < -0.3 is 18.8 Å². The summed E-state index contributed by atoms with van der Waals surface area (Å²) in [6, 6.07) is 0. The number of phosphoric ester groups is 1. The highest BCUT2D eigenvalue weighted by Crippen LogP contribution is 2.65. The minimum absolute atomic E-state index is 0.323. The summed E-state index contributed by atoms with van der Waals surface area (Å²) in [4.78, 5) is 17.6. The number of phosphoric acid groups is 1. The summed E-state index contributed by atoms with van der Waals surface area (Å²) >= 11 is 0. The Morgan fingerprint density at radius 3 is 1.94 bits per heavy atom. The summed E-state index contributed by atoms with van der Waals surface area (Å²) < 4.78 is 37.9. The van der Waals surface area contributed by atoms with Gasteiger partial charge in [-0.15, -0.1) is 0 Å². The van der Waals surface area contributed by atoms with E-state index in [0.717, 1.165) is 19.3 Å². The summed E-state index contributed by atoms with van der Waals surface area (Å²) in [7, 11) is -5.49. The topological polar surface area (TPSA) is 102 Å². The van der Waals surface area contributed by atoms with Crippen molar-refractivity contribution in [3.63, 3.8) is 0 Å². The van der Waals surface area contributed by atoms with Crippen molar-refractivity contribution in [1.29, 1.82) is 0 Å². The maximum Gasteiger partial charge on any atom is 0.469 e. The van der Waals surface area contributed by atoms with Crippen LogP contribution in [0.4, 0.5) is 0 Å². The first-order valence-electron chi connectivity index (χ1n) is 5.70. The Kier molecular flexibility index (Phi) is 5.57. The fourth-order valence-electron chi connectivity index (χ4n) is 2.37. The van der Waals surface area contributed by atoms with Gasteiger partial charge in [-0.3, -0.25) is 9.09 Å². The average molecular weight is 302 g/mol. The van der Waals surface area contributed by atoms with Crippen LogP contribution >= 0.6 is 15.4 Å². The van der Waals surface area contributed by atoms with Gasteiger partial charge in [0, 0.05) is 14.2 Å². The Hall–Kier alpha value is 0.260. The van der Waals surface area contributed by atoms with Gasteiger partial charge in [-0.05, 0) is 12.8 Å². The van der Waals surface area contributed by atoms with Crippen molar-refractivity contribution in [2.45, 2.75) is 37.3 Å². The summed E-state index contributed by atoms with van der Waals surface area (Å²) in [5, 5.41) is -0.962. The number of rotatable bonds is 6. The normalized spacial score (nSPS) is 20.9. The molecule has 2 N–H and O–H groups in total. The van der Waals surface area contributed by atoms with E-state index < -0.39 is 20.6 Å². The first-order valence-corrected chi connectivity index (χ1v) is 8.78. The largest absolute Gasteiger partial charge is 0.469 e. The predicted molar refractivity (Wildman–Crippen MR) is 65.4 cm³/mol. The number of hydrogen-bond acceptors (Lipinski definition) is 5. The lowest BCUT2D eigenvalue weighted by Crippen LogP contribution is -2.37. The first-order chi connectivity index (χ1) is 8.29. The zero-order chi connectivity index (χ0) is 13.9. The minimum Gasteiger partial charge on any atom is -0.311 e. The molecule has 108 valence electrons. The summed E-state index contributed by atoms with van der Waals surface area (Å²) in [6.45, 7) is -0.323. The zero-order valence-electron chi connectivity index (χ0n) is 10.6. The van der Waals surface area contributed by atoms with Crippen LogP contribution in [0.2, 0.25) is 0 Å². The standard InChI is InChI=1S/C9H20O7P2/c1-14-17(10,15-2)9(6-4-3-5-7-9)8-16-18(11,12)13/h3-8H2,1-2H3,(H2,11,12,13). The van der Waals surface area contributed by atoms with Gasteiger partial charge in [0.2, 0.25) is 0 Å². The Labute approximate surface area is 107 Å². The fraction of sp³-hybridized carbons (Fsp3) is 1.00. The van der Waals surface area contributed by atoms with Gasteiger partial charge in [0.05, 0.1) is 11.8 Å². The monoisotopic (exact) mass is 302 g/mol. The molecule has 1 fully saturated rings. The van der Waals surface area contributed by atoms with E-state index in [1.54, 1.807) is 0 Å². The molecule has 0 unspecified atom stereocenters. The molecule has 0 aromatic carbocycles. The maximum atomic E-state index is 12.6. The van der Waals surface area contributed by atoms with Crippen molar-refractivity contribution in [3.05, 3.63) is 0 Å². The van der Waals surface area contributed by atoms with Crippen molar-refractivity contribution in [2.75, 3.05) is 20.8 Å². The van der Waals surface area contributed by atoms with Crippen molar-refractivity contribution in [2.24, 2.45) is 0 Å². The second kappa shape index (κ2) is 6.14. The van der Waals surface area contributed by atoms with Crippen LogP contribution in [0.25, 0.3) is 0 Å². The molecular weight excluding hydrogens is 282 g/mol. The second-order valence-corrected chi connectivity index (χ2v) is 8.32. The molecule has 1 aliphatic rings. The van der Waals surface area contributed by atoms with Crippen molar-refractivity contribution in [1.82, 2.24) is 0 Å². The fourth-order valence-corrected chi connectivity index (χ4v) is 4.90. The average Bonchev–Trinajstić information content (AvgIpc) is 2.35. The molecule has 0 atom stereocenters. The highest BCUT2D eigenvalue weighted by atomic mass is 31.2. The Bertz CT molecular complexity index is 350. The molecular formula is C9H20O7P2. The van der Waals surface area contributed by atoms with Crippen molar-refractivity contribution in [3.8, 4) is 0 Å². The van der Waals surface area contributed by atoms with Gasteiger partial charge in [-0.1, -0.05) is 19.3 Å². The zero-order valence-corrected chi connectivity index (χ0v) is 12.4. The molecule has 0 bridgehead atoms. The van der Waals surface area contributed by atoms with Crippen LogP contribution in [-0.2, 0) is 22.7 Å². The summed E-state index contributed by atoms with van der Waals surface area (Å²) in [5.74, 6) is 0. The predicted octanol–water partition coefficient (Wildman–Crippen LogP) is 2.28. The van der Waals surface area contributed by atoms with Crippen LogP contribution in [-0.4, -0.2) is 35.8 Å². The molecule has 18 heavy (non-hydrogen) atoms. The van der Waals surface area contributed by atoms with Gasteiger partial charge in [0.15, 0.2) is 0 Å². The highest BCUT2D eigenvalue weighted by Gasteiger charge is 2.51. The van der Waals surface area contributed by atoms with Crippen molar-refractivity contribution < 1.29 is 32.5 Å². The molecule has 0 heterocycles. The molecule has 1 aliphatic carbocycles. The molecule has 9 heteroatoms. The Morgan fingerprint density at radius 1 is 1.06 bits per heavy atom. The highest BCUT2D eigenvalue weighted by molar-refractivity contribution is 7.55. The van der Waals surface area contributed by atoms with E-state index in [1.165, 1.54) is 14.2 Å². The van der Waals surface area contributed by atoms with Gasteiger partial charge in [-0.25, -0.2) is 4.57 Å². The van der Waals surface area contributed by atoms with E-state index in [9.17, 15) is 9.13 Å². The van der Waals surface area contributed by atoms with E-state index in [2.05, 4.69) is 4.52 Å². The molecule has 0 aromatic rings. The first kappa shape index (κ1) is 16.3. The third-order valence-electron chi connectivity index (χ3n) is 3.35. The molecule has 0 amide bonds. The van der Waals surface area contributed by atoms with E-state index in [0.29, 0.717) is 12.8 Å². The van der Waals surface area contributed by atoms with Crippen LogP contribution in [0.15, 0.2) is 0 Å². The van der Waals surface area contributed by atoms with Crippen LogP contribution in [0.1, 0.15) is 32.1 Å². The quantitative estimate of drug-likeness (QED) is 0.725. The molecule has 0 spiro atoms. The molecule has 0 saturated heterocycles. The Balaban J connectivity index is 2.95. The summed E-state index contributed by atoms with van der Waals surface area (Å²) in [6.07, 6.45) is 3.62. The molecule has 0 aromatic heterocycles. The minimum atomic E-state index is -4.60. The smallest absolute Gasteiger partial charge is 0.311 e. The second-order valence-electron chi connectivity index (χ2n) is 4.41. The molecule has 1 rings (SSSR count). The van der Waals surface area contributed by atoms with Crippen LogP contribution < -0.4 is 0 Å². The van der Waals surface area contributed by atoms with E-state index in [4.69, 9.17) is 18.8 Å².